The standard InChI is InChI=1S/C13H20ClN3O/c1-10-4-5-11(12(14)8-10)9-15-6-7-16-13(18)17(2)3/h4-5,8,15H,6-7,9H2,1-3H3,(H,16,18). The summed E-state index contributed by atoms with van der Waals surface area (Å²) in [6.07, 6.45) is 0. The second-order valence-electron chi connectivity index (χ2n) is 4.40. The van der Waals surface area contributed by atoms with Crippen LogP contribution in [0.5, 0.6) is 0 Å². The van der Waals surface area contributed by atoms with Crippen molar-refractivity contribution in [2.75, 3.05) is 27.2 Å². The summed E-state index contributed by atoms with van der Waals surface area (Å²) in [5, 5.41) is 6.80. The molecular weight excluding hydrogens is 250 g/mol. The minimum atomic E-state index is -0.0785. The van der Waals surface area contributed by atoms with E-state index in [-0.39, 0.29) is 6.03 Å². The van der Waals surface area contributed by atoms with Crippen molar-refractivity contribution in [1.29, 1.82) is 0 Å². The van der Waals surface area contributed by atoms with E-state index < -0.39 is 0 Å². The van der Waals surface area contributed by atoms with Crippen molar-refractivity contribution in [2.45, 2.75) is 13.5 Å². The van der Waals surface area contributed by atoms with Gasteiger partial charge in [0.25, 0.3) is 0 Å². The molecule has 2 N–H and O–H groups in total. The summed E-state index contributed by atoms with van der Waals surface area (Å²) in [6, 6.07) is 5.93. The smallest absolute Gasteiger partial charge is 0.316 e. The zero-order chi connectivity index (χ0) is 13.5. The van der Waals surface area contributed by atoms with E-state index >= 15 is 0 Å². The number of nitrogens with zero attached hydrogens (tertiary/aromatic N) is 1. The predicted octanol–water partition coefficient (Wildman–Crippen LogP) is 2.01. The Morgan fingerprint density at radius 1 is 1.33 bits per heavy atom. The quantitative estimate of drug-likeness (QED) is 0.803. The van der Waals surface area contributed by atoms with Crippen LogP contribution in [0.2, 0.25) is 5.02 Å². The number of urea groups is 1. The van der Waals surface area contributed by atoms with Crippen LogP contribution < -0.4 is 10.6 Å². The maximum Gasteiger partial charge on any atom is 0.316 e. The van der Waals surface area contributed by atoms with Crippen molar-refractivity contribution in [1.82, 2.24) is 15.5 Å². The Balaban J connectivity index is 2.24. The van der Waals surface area contributed by atoms with Gasteiger partial charge in [-0.1, -0.05) is 23.7 Å². The minimum Gasteiger partial charge on any atom is -0.337 e. The number of carbonyl (C=O) groups is 1. The van der Waals surface area contributed by atoms with E-state index in [1.165, 1.54) is 4.90 Å². The first-order chi connectivity index (χ1) is 8.50. The first-order valence-electron chi connectivity index (χ1n) is 5.91. The molecule has 1 aromatic carbocycles. The lowest BCUT2D eigenvalue weighted by atomic mass is 10.1. The molecule has 0 radical (unpaired) electrons. The molecule has 1 aromatic rings. The summed E-state index contributed by atoms with van der Waals surface area (Å²) in [4.78, 5) is 12.7. The molecule has 4 nitrogen and oxygen atoms in total. The number of aryl methyl sites for hydroxylation is 1. The van der Waals surface area contributed by atoms with Crippen LogP contribution in [0.1, 0.15) is 11.1 Å². The maximum atomic E-state index is 11.2. The van der Waals surface area contributed by atoms with E-state index in [9.17, 15) is 4.79 Å². The highest BCUT2D eigenvalue weighted by Gasteiger charge is 2.02. The Morgan fingerprint density at radius 2 is 2.06 bits per heavy atom. The number of benzene rings is 1. The van der Waals surface area contributed by atoms with Gasteiger partial charge in [0.2, 0.25) is 0 Å². The number of nitrogens with one attached hydrogen (secondary N) is 2. The summed E-state index contributed by atoms with van der Waals surface area (Å²) in [5.74, 6) is 0. The van der Waals surface area contributed by atoms with Gasteiger partial charge in [-0.3, -0.25) is 0 Å². The number of hydrogen-bond acceptors (Lipinski definition) is 2. The van der Waals surface area contributed by atoms with Gasteiger partial charge < -0.3 is 15.5 Å². The van der Waals surface area contributed by atoms with Crippen LogP contribution in [0.3, 0.4) is 0 Å². The van der Waals surface area contributed by atoms with E-state index in [1.807, 2.05) is 25.1 Å². The van der Waals surface area contributed by atoms with Crippen LogP contribution >= 0.6 is 11.6 Å². The average Bonchev–Trinajstić information content (AvgIpc) is 2.30. The van der Waals surface area contributed by atoms with Gasteiger partial charge in [0.1, 0.15) is 0 Å². The molecule has 0 spiro atoms. The lowest BCUT2D eigenvalue weighted by Gasteiger charge is -2.12. The molecule has 0 bridgehead atoms. The molecule has 5 heteroatoms. The highest BCUT2D eigenvalue weighted by atomic mass is 35.5. The molecule has 18 heavy (non-hydrogen) atoms. The number of hydrogen-bond donors (Lipinski definition) is 2. The van der Waals surface area contributed by atoms with Gasteiger partial charge in [0.05, 0.1) is 0 Å². The van der Waals surface area contributed by atoms with E-state index in [1.54, 1.807) is 14.1 Å². The van der Waals surface area contributed by atoms with Gasteiger partial charge in [0, 0.05) is 38.8 Å². The van der Waals surface area contributed by atoms with Crippen LogP contribution in [-0.2, 0) is 6.54 Å². The molecule has 0 aromatic heterocycles. The second kappa shape index (κ2) is 7.24. The van der Waals surface area contributed by atoms with Crippen LogP contribution in [0.25, 0.3) is 0 Å². The fourth-order valence-corrected chi connectivity index (χ4v) is 1.74. The molecule has 0 aliphatic heterocycles. The summed E-state index contributed by atoms with van der Waals surface area (Å²) >= 11 is 6.12. The van der Waals surface area contributed by atoms with Crippen molar-refractivity contribution >= 4 is 17.6 Å². The summed E-state index contributed by atoms with van der Waals surface area (Å²) in [7, 11) is 3.43. The largest absolute Gasteiger partial charge is 0.337 e. The zero-order valence-corrected chi connectivity index (χ0v) is 11.8. The molecule has 1 rings (SSSR count). The Bertz CT molecular complexity index is 407. The predicted molar refractivity (Wildman–Crippen MR) is 75.0 cm³/mol. The molecular formula is C13H20ClN3O. The summed E-state index contributed by atoms with van der Waals surface area (Å²) < 4.78 is 0. The third-order valence-corrected chi connectivity index (χ3v) is 2.86. The second-order valence-corrected chi connectivity index (χ2v) is 4.81. The molecule has 0 saturated carbocycles. The molecule has 0 fully saturated rings. The van der Waals surface area contributed by atoms with Crippen LogP contribution in [0, 0.1) is 6.92 Å². The molecule has 0 saturated heterocycles. The monoisotopic (exact) mass is 269 g/mol. The van der Waals surface area contributed by atoms with Gasteiger partial charge in [-0.05, 0) is 24.1 Å². The lowest BCUT2D eigenvalue weighted by Crippen LogP contribution is -2.38. The first-order valence-corrected chi connectivity index (χ1v) is 6.29. The van der Waals surface area contributed by atoms with Gasteiger partial charge in [-0.2, -0.15) is 0 Å². The highest BCUT2D eigenvalue weighted by Crippen LogP contribution is 2.16. The Morgan fingerprint density at radius 3 is 2.67 bits per heavy atom. The number of amides is 2. The number of halogens is 1. The van der Waals surface area contributed by atoms with Crippen LogP contribution in [-0.4, -0.2) is 38.1 Å². The molecule has 0 aliphatic carbocycles. The Hall–Kier alpha value is -1.26. The van der Waals surface area contributed by atoms with Crippen molar-refractivity contribution in [3.8, 4) is 0 Å². The minimum absolute atomic E-state index is 0.0785. The van der Waals surface area contributed by atoms with Crippen molar-refractivity contribution in [3.63, 3.8) is 0 Å². The number of rotatable bonds is 5. The van der Waals surface area contributed by atoms with Gasteiger partial charge >= 0.3 is 6.03 Å². The Labute approximate surface area is 113 Å². The van der Waals surface area contributed by atoms with E-state index in [2.05, 4.69) is 10.6 Å². The summed E-state index contributed by atoms with van der Waals surface area (Å²) in [5.41, 5.74) is 2.23. The fraction of sp³-hybridized carbons (Fsp3) is 0.462. The SMILES string of the molecule is Cc1ccc(CNCCNC(=O)N(C)C)c(Cl)c1. The fourth-order valence-electron chi connectivity index (χ4n) is 1.43. The zero-order valence-electron chi connectivity index (χ0n) is 11.1. The van der Waals surface area contributed by atoms with Crippen molar-refractivity contribution in [3.05, 3.63) is 34.3 Å². The average molecular weight is 270 g/mol. The van der Waals surface area contributed by atoms with Gasteiger partial charge in [-0.15, -0.1) is 0 Å². The maximum absolute atomic E-state index is 11.2. The topological polar surface area (TPSA) is 44.4 Å². The molecule has 0 heterocycles. The molecule has 100 valence electrons. The lowest BCUT2D eigenvalue weighted by molar-refractivity contribution is 0.217. The normalized spacial score (nSPS) is 10.2. The van der Waals surface area contributed by atoms with Crippen molar-refractivity contribution in [2.24, 2.45) is 0 Å². The van der Waals surface area contributed by atoms with Crippen LogP contribution in [0.15, 0.2) is 18.2 Å². The molecule has 2 amide bonds. The van der Waals surface area contributed by atoms with E-state index in [0.717, 1.165) is 16.1 Å². The third kappa shape index (κ3) is 4.94. The first kappa shape index (κ1) is 14.8. The third-order valence-electron chi connectivity index (χ3n) is 2.51. The number of carbonyl (C=O) groups excluding carboxylic acids is 1. The summed E-state index contributed by atoms with van der Waals surface area (Å²) in [6.45, 7) is 4.03. The van der Waals surface area contributed by atoms with E-state index in [4.69, 9.17) is 11.6 Å². The van der Waals surface area contributed by atoms with E-state index in [0.29, 0.717) is 19.6 Å². The van der Waals surface area contributed by atoms with Gasteiger partial charge in [0.15, 0.2) is 0 Å². The van der Waals surface area contributed by atoms with Crippen molar-refractivity contribution < 1.29 is 4.79 Å². The molecule has 0 unspecified atom stereocenters. The highest BCUT2D eigenvalue weighted by molar-refractivity contribution is 6.31. The van der Waals surface area contributed by atoms with Gasteiger partial charge in [-0.25, -0.2) is 4.79 Å². The molecule has 0 aliphatic rings. The Kier molecular flexibility index (Phi) is 5.95. The molecule has 0 atom stereocenters. The van der Waals surface area contributed by atoms with Crippen LogP contribution in [0.4, 0.5) is 4.79 Å².